The molecule has 0 atom stereocenters. The maximum absolute atomic E-state index is 13.0. The minimum absolute atomic E-state index is 0.204. The predicted octanol–water partition coefficient (Wildman–Crippen LogP) is 2.69. The van der Waals surface area contributed by atoms with Crippen LogP contribution in [-0.4, -0.2) is 26.0 Å². The van der Waals surface area contributed by atoms with E-state index in [4.69, 9.17) is 5.26 Å². The van der Waals surface area contributed by atoms with E-state index in [9.17, 15) is 4.79 Å². The molecule has 1 aromatic rings. The summed E-state index contributed by atoms with van der Waals surface area (Å²) in [7, 11) is 1.84. The van der Waals surface area contributed by atoms with Crippen molar-refractivity contribution in [1.29, 1.82) is 5.26 Å². The van der Waals surface area contributed by atoms with Gasteiger partial charge in [0, 0.05) is 12.7 Å². The molecular weight excluding hydrogens is 262 g/mol. The van der Waals surface area contributed by atoms with Crippen molar-refractivity contribution in [2.24, 2.45) is 5.41 Å². The van der Waals surface area contributed by atoms with E-state index >= 15 is 0 Å². The maximum Gasteiger partial charge on any atom is 0.233 e. The third-order valence-electron chi connectivity index (χ3n) is 4.43. The Morgan fingerprint density at radius 1 is 1.33 bits per heavy atom. The van der Waals surface area contributed by atoms with Crippen LogP contribution < -0.4 is 10.2 Å². The Morgan fingerprint density at radius 3 is 2.48 bits per heavy atom. The highest BCUT2D eigenvalue weighted by Gasteiger charge is 2.40. The van der Waals surface area contributed by atoms with Gasteiger partial charge in [0.2, 0.25) is 5.91 Å². The first-order chi connectivity index (χ1) is 10.1. The Hall–Kier alpha value is -1.86. The van der Waals surface area contributed by atoms with Crippen molar-refractivity contribution >= 4 is 11.6 Å². The van der Waals surface area contributed by atoms with Crippen LogP contribution in [0.1, 0.15) is 38.2 Å². The molecule has 4 heteroatoms. The third-order valence-corrected chi connectivity index (χ3v) is 4.43. The normalized spacial score (nSPS) is 17.0. The molecule has 21 heavy (non-hydrogen) atoms. The largest absolute Gasteiger partial charge is 0.317 e. The molecular formula is C17H23N3O. The number of carbonyl (C=O) groups excluding carboxylic acids is 1. The summed E-state index contributed by atoms with van der Waals surface area (Å²) in [6.45, 7) is 3.96. The first kappa shape index (κ1) is 15.5. The van der Waals surface area contributed by atoms with Gasteiger partial charge in [-0.15, -0.1) is 0 Å². The smallest absolute Gasteiger partial charge is 0.233 e. The van der Waals surface area contributed by atoms with Gasteiger partial charge in [-0.05, 0) is 56.6 Å². The summed E-state index contributed by atoms with van der Waals surface area (Å²) in [5.41, 5.74) is 1.24. The van der Waals surface area contributed by atoms with Gasteiger partial charge in [0.1, 0.15) is 0 Å². The molecule has 1 aromatic carbocycles. The molecule has 1 heterocycles. The molecule has 0 bridgehead atoms. The van der Waals surface area contributed by atoms with Crippen molar-refractivity contribution in [3.63, 3.8) is 0 Å². The van der Waals surface area contributed by atoms with Crippen molar-refractivity contribution in [3.05, 3.63) is 29.8 Å². The van der Waals surface area contributed by atoms with E-state index in [1.807, 2.05) is 19.2 Å². The molecule has 1 saturated heterocycles. The van der Waals surface area contributed by atoms with Crippen LogP contribution in [0.5, 0.6) is 0 Å². The zero-order valence-electron chi connectivity index (χ0n) is 12.9. The molecule has 4 nitrogen and oxygen atoms in total. The van der Waals surface area contributed by atoms with Crippen LogP contribution in [0.15, 0.2) is 24.3 Å². The number of nitrogens with one attached hydrogen (secondary N) is 1. The molecule has 0 aliphatic carbocycles. The van der Waals surface area contributed by atoms with Crippen molar-refractivity contribution in [1.82, 2.24) is 5.32 Å². The van der Waals surface area contributed by atoms with Gasteiger partial charge in [-0.2, -0.15) is 5.26 Å². The third kappa shape index (κ3) is 3.25. The Kier molecular flexibility index (Phi) is 4.98. The second kappa shape index (κ2) is 6.73. The van der Waals surface area contributed by atoms with Crippen LogP contribution in [0, 0.1) is 16.7 Å². The fourth-order valence-corrected chi connectivity index (χ4v) is 3.19. The van der Waals surface area contributed by atoms with Crippen LogP contribution >= 0.6 is 0 Å². The van der Waals surface area contributed by atoms with Crippen molar-refractivity contribution in [2.45, 2.75) is 32.6 Å². The second-order valence-corrected chi connectivity index (χ2v) is 5.80. The average molecular weight is 285 g/mol. The fourth-order valence-electron chi connectivity index (χ4n) is 3.19. The summed E-state index contributed by atoms with van der Waals surface area (Å²) in [5, 5.41) is 12.2. The summed E-state index contributed by atoms with van der Waals surface area (Å²) in [6, 6.07) is 9.31. The lowest BCUT2D eigenvalue weighted by Gasteiger charge is -2.39. The van der Waals surface area contributed by atoms with E-state index in [1.54, 1.807) is 17.0 Å². The fraction of sp³-hybridized carbons (Fsp3) is 0.529. The quantitative estimate of drug-likeness (QED) is 0.925. The lowest BCUT2D eigenvalue weighted by molar-refractivity contribution is -0.130. The molecule has 2 rings (SSSR count). The lowest BCUT2D eigenvalue weighted by Crippen LogP contribution is -2.48. The van der Waals surface area contributed by atoms with Gasteiger partial charge in [-0.25, -0.2) is 0 Å². The summed E-state index contributed by atoms with van der Waals surface area (Å²) in [4.78, 5) is 14.8. The number of anilines is 1. The Labute approximate surface area is 126 Å². The van der Waals surface area contributed by atoms with E-state index in [1.165, 1.54) is 0 Å². The minimum Gasteiger partial charge on any atom is -0.317 e. The second-order valence-electron chi connectivity index (χ2n) is 5.80. The molecule has 1 aliphatic heterocycles. The molecule has 1 fully saturated rings. The molecule has 1 N–H and O–H groups in total. The number of carbonyl (C=O) groups is 1. The highest BCUT2D eigenvalue weighted by molar-refractivity contribution is 5.97. The van der Waals surface area contributed by atoms with Gasteiger partial charge >= 0.3 is 0 Å². The van der Waals surface area contributed by atoms with E-state index in [2.05, 4.69) is 18.3 Å². The summed E-state index contributed by atoms with van der Waals surface area (Å²) in [5.74, 6) is 0.204. The van der Waals surface area contributed by atoms with E-state index < -0.39 is 0 Å². The van der Waals surface area contributed by atoms with Gasteiger partial charge in [-0.1, -0.05) is 13.3 Å². The maximum atomic E-state index is 13.0. The van der Waals surface area contributed by atoms with E-state index in [0.717, 1.165) is 44.5 Å². The number of hydrogen-bond acceptors (Lipinski definition) is 3. The van der Waals surface area contributed by atoms with Gasteiger partial charge < -0.3 is 10.2 Å². The first-order valence-electron chi connectivity index (χ1n) is 7.62. The molecule has 0 saturated carbocycles. The monoisotopic (exact) mass is 285 g/mol. The SMILES string of the molecule is CCCC1(C(=O)N(C)c2ccc(C#N)cc2)CCNCC1. The van der Waals surface area contributed by atoms with E-state index in [0.29, 0.717) is 5.56 Å². The lowest BCUT2D eigenvalue weighted by atomic mass is 9.74. The molecule has 1 amide bonds. The van der Waals surface area contributed by atoms with Crippen LogP contribution in [0.25, 0.3) is 0 Å². The zero-order chi connectivity index (χ0) is 15.3. The summed E-state index contributed by atoms with van der Waals surface area (Å²) in [6.07, 6.45) is 3.77. The number of piperidine rings is 1. The Bertz CT molecular complexity index is 518. The Balaban J connectivity index is 2.20. The number of amides is 1. The average Bonchev–Trinajstić information content (AvgIpc) is 2.54. The topological polar surface area (TPSA) is 56.1 Å². The van der Waals surface area contributed by atoms with Gasteiger partial charge in [0.25, 0.3) is 0 Å². The number of nitriles is 1. The van der Waals surface area contributed by atoms with Crippen molar-refractivity contribution < 1.29 is 4.79 Å². The molecule has 0 radical (unpaired) electrons. The molecule has 0 spiro atoms. The number of hydrogen-bond donors (Lipinski definition) is 1. The standard InChI is InChI=1S/C17H23N3O/c1-3-8-17(9-11-19-12-10-17)16(21)20(2)15-6-4-14(13-18)5-7-15/h4-7,19H,3,8-12H2,1-2H3. The van der Waals surface area contributed by atoms with Crippen LogP contribution in [-0.2, 0) is 4.79 Å². The Morgan fingerprint density at radius 2 is 1.95 bits per heavy atom. The molecule has 0 unspecified atom stereocenters. The van der Waals surface area contributed by atoms with Crippen LogP contribution in [0.2, 0.25) is 0 Å². The summed E-state index contributed by atoms with van der Waals surface area (Å²) >= 11 is 0. The minimum atomic E-state index is -0.233. The van der Waals surface area contributed by atoms with Crippen molar-refractivity contribution in [2.75, 3.05) is 25.0 Å². The van der Waals surface area contributed by atoms with Gasteiger partial charge in [0.05, 0.1) is 17.0 Å². The first-order valence-corrected chi connectivity index (χ1v) is 7.62. The number of benzene rings is 1. The molecule has 1 aliphatic rings. The van der Waals surface area contributed by atoms with Gasteiger partial charge in [-0.3, -0.25) is 4.79 Å². The van der Waals surface area contributed by atoms with Crippen molar-refractivity contribution in [3.8, 4) is 6.07 Å². The van der Waals surface area contributed by atoms with Gasteiger partial charge in [0.15, 0.2) is 0 Å². The molecule has 112 valence electrons. The van der Waals surface area contributed by atoms with E-state index in [-0.39, 0.29) is 11.3 Å². The predicted molar refractivity (Wildman–Crippen MR) is 84.0 cm³/mol. The summed E-state index contributed by atoms with van der Waals surface area (Å²) < 4.78 is 0. The van der Waals surface area contributed by atoms with Crippen LogP contribution in [0.4, 0.5) is 5.69 Å². The molecule has 0 aromatic heterocycles. The zero-order valence-corrected chi connectivity index (χ0v) is 12.9. The number of nitrogens with zero attached hydrogens (tertiary/aromatic N) is 2. The van der Waals surface area contributed by atoms with Crippen LogP contribution in [0.3, 0.4) is 0 Å². The highest BCUT2D eigenvalue weighted by atomic mass is 16.2. The highest BCUT2D eigenvalue weighted by Crippen LogP contribution is 2.37. The number of rotatable bonds is 4.